The van der Waals surface area contributed by atoms with Crippen LogP contribution in [0.15, 0.2) is 83.8 Å². The molecule has 3 rings (SSSR count). The van der Waals surface area contributed by atoms with Gasteiger partial charge in [0.25, 0.3) is 0 Å². The lowest BCUT2D eigenvalue weighted by Gasteiger charge is -2.22. The van der Waals surface area contributed by atoms with Crippen LogP contribution in [-0.2, 0) is 21.2 Å². The molecule has 0 aliphatic heterocycles. The number of benzene rings is 3. The van der Waals surface area contributed by atoms with E-state index in [2.05, 4.69) is 10.0 Å². The molecule has 0 aliphatic carbocycles. The Balaban J connectivity index is 1.82. The van der Waals surface area contributed by atoms with Gasteiger partial charge in [-0.3, -0.25) is 4.79 Å². The van der Waals surface area contributed by atoms with Gasteiger partial charge >= 0.3 is 0 Å². The number of amides is 1. The molecule has 8 heteroatoms. The average molecular weight is 445 g/mol. The van der Waals surface area contributed by atoms with Crippen LogP contribution in [0, 0.1) is 11.6 Å². The molecular formula is C23H22F2N2O3S. The fourth-order valence-corrected chi connectivity index (χ4v) is 4.25. The zero-order valence-electron chi connectivity index (χ0n) is 16.8. The lowest BCUT2D eigenvalue weighted by molar-refractivity contribution is -0.123. The number of rotatable bonds is 8. The first-order chi connectivity index (χ1) is 14.7. The molecule has 3 aromatic rings. The van der Waals surface area contributed by atoms with Gasteiger partial charge in [-0.25, -0.2) is 17.2 Å². The van der Waals surface area contributed by atoms with Gasteiger partial charge in [0, 0.05) is 0 Å². The van der Waals surface area contributed by atoms with Crippen molar-refractivity contribution in [2.45, 2.75) is 30.3 Å². The highest BCUT2D eigenvalue weighted by atomic mass is 32.2. The molecule has 0 spiro atoms. The third-order valence-corrected chi connectivity index (χ3v) is 6.24. The predicted octanol–water partition coefficient (Wildman–Crippen LogP) is 3.73. The highest BCUT2D eigenvalue weighted by Crippen LogP contribution is 2.15. The molecule has 0 bridgehead atoms. The molecule has 5 nitrogen and oxygen atoms in total. The smallest absolute Gasteiger partial charge is 0.241 e. The largest absolute Gasteiger partial charge is 0.348 e. The van der Waals surface area contributed by atoms with Crippen LogP contribution in [0.4, 0.5) is 8.78 Å². The maximum Gasteiger partial charge on any atom is 0.241 e. The minimum Gasteiger partial charge on any atom is -0.348 e. The summed E-state index contributed by atoms with van der Waals surface area (Å²) in [4.78, 5) is 12.8. The van der Waals surface area contributed by atoms with E-state index >= 15 is 0 Å². The van der Waals surface area contributed by atoms with Gasteiger partial charge in [0.1, 0.15) is 17.7 Å². The topological polar surface area (TPSA) is 75.3 Å². The normalized spacial score (nSPS) is 13.4. The SMILES string of the molecule is C[C@@H](NC(=O)[C@@H](Cc1ccccc1)NS(=O)(=O)c1ccc(F)cc1)c1ccc(F)cc1. The molecule has 0 aromatic heterocycles. The van der Waals surface area contributed by atoms with Gasteiger partial charge in [0.15, 0.2) is 0 Å². The van der Waals surface area contributed by atoms with E-state index in [9.17, 15) is 22.0 Å². The van der Waals surface area contributed by atoms with E-state index in [1.54, 1.807) is 43.3 Å². The summed E-state index contributed by atoms with van der Waals surface area (Å²) in [6.45, 7) is 1.72. The van der Waals surface area contributed by atoms with Gasteiger partial charge in [-0.05, 0) is 60.9 Å². The number of sulfonamides is 1. The highest BCUT2D eigenvalue weighted by molar-refractivity contribution is 7.89. The van der Waals surface area contributed by atoms with Crippen molar-refractivity contribution in [3.8, 4) is 0 Å². The quantitative estimate of drug-likeness (QED) is 0.556. The Morgan fingerprint density at radius 1 is 0.871 bits per heavy atom. The zero-order chi connectivity index (χ0) is 22.4. The van der Waals surface area contributed by atoms with Crippen LogP contribution >= 0.6 is 0 Å². The van der Waals surface area contributed by atoms with Crippen molar-refractivity contribution >= 4 is 15.9 Å². The summed E-state index contributed by atoms with van der Waals surface area (Å²) in [5.74, 6) is -1.49. The molecule has 2 atom stereocenters. The molecule has 0 radical (unpaired) electrons. The number of hydrogen-bond donors (Lipinski definition) is 2. The summed E-state index contributed by atoms with van der Waals surface area (Å²) < 4.78 is 54.3. The van der Waals surface area contributed by atoms with Crippen molar-refractivity contribution in [2.75, 3.05) is 0 Å². The van der Waals surface area contributed by atoms with Gasteiger partial charge in [-0.2, -0.15) is 4.72 Å². The Hall–Kier alpha value is -3.10. The van der Waals surface area contributed by atoms with Crippen LogP contribution in [-0.4, -0.2) is 20.4 Å². The Kier molecular flexibility index (Phi) is 7.14. The van der Waals surface area contributed by atoms with Gasteiger partial charge in [-0.1, -0.05) is 42.5 Å². The van der Waals surface area contributed by atoms with Crippen molar-refractivity contribution in [3.05, 3.63) is 102 Å². The van der Waals surface area contributed by atoms with E-state index in [4.69, 9.17) is 0 Å². The van der Waals surface area contributed by atoms with Crippen molar-refractivity contribution in [3.63, 3.8) is 0 Å². The molecular weight excluding hydrogens is 422 g/mol. The van der Waals surface area contributed by atoms with E-state index in [1.807, 2.05) is 6.07 Å². The van der Waals surface area contributed by atoms with E-state index in [0.29, 0.717) is 5.56 Å². The molecule has 3 aromatic carbocycles. The van der Waals surface area contributed by atoms with Crippen LogP contribution in [0.25, 0.3) is 0 Å². The van der Waals surface area contributed by atoms with Crippen molar-refractivity contribution in [1.82, 2.24) is 10.0 Å². The number of nitrogens with one attached hydrogen (secondary N) is 2. The summed E-state index contributed by atoms with van der Waals surface area (Å²) in [6, 6.07) is 17.4. The van der Waals surface area contributed by atoms with Crippen LogP contribution in [0.1, 0.15) is 24.1 Å². The van der Waals surface area contributed by atoms with Crippen LogP contribution in [0.3, 0.4) is 0 Å². The Morgan fingerprint density at radius 3 is 2.00 bits per heavy atom. The number of halogens is 2. The standard InChI is InChI=1S/C23H22F2N2O3S/c1-16(18-7-9-19(24)10-8-18)26-23(28)22(15-17-5-3-2-4-6-17)27-31(29,30)21-13-11-20(25)12-14-21/h2-14,16,22,27H,15H2,1H3,(H,26,28)/t16-,22-/m1/s1. The van der Waals surface area contributed by atoms with Crippen LogP contribution in [0.5, 0.6) is 0 Å². The molecule has 31 heavy (non-hydrogen) atoms. The zero-order valence-corrected chi connectivity index (χ0v) is 17.6. The second-order valence-corrected chi connectivity index (χ2v) is 8.81. The molecule has 0 heterocycles. The first-order valence-corrected chi connectivity index (χ1v) is 11.1. The van der Waals surface area contributed by atoms with Crippen LogP contribution in [0.2, 0.25) is 0 Å². The van der Waals surface area contributed by atoms with Crippen LogP contribution < -0.4 is 10.0 Å². The average Bonchev–Trinajstić information content (AvgIpc) is 2.74. The number of carbonyl (C=O) groups excluding carboxylic acids is 1. The van der Waals surface area contributed by atoms with Gasteiger partial charge in [-0.15, -0.1) is 0 Å². The van der Waals surface area contributed by atoms with E-state index in [1.165, 1.54) is 12.1 Å². The lowest BCUT2D eigenvalue weighted by atomic mass is 10.0. The maximum atomic E-state index is 13.2. The minimum atomic E-state index is -4.07. The lowest BCUT2D eigenvalue weighted by Crippen LogP contribution is -2.48. The summed E-state index contributed by atoms with van der Waals surface area (Å²) >= 11 is 0. The van der Waals surface area contributed by atoms with E-state index in [-0.39, 0.29) is 11.3 Å². The minimum absolute atomic E-state index is 0.114. The molecule has 0 unspecified atom stereocenters. The molecule has 0 fully saturated rings. The summed E-state index contributed by atoms with van der Waals surface area (Å²) in [7, 11) is -4.07. The second-order valence-electron chi connectivity index (χ2n) is 7.10. The van der Waals surface area contributed by atoms with E-state index in [0.717, 1.165) is 29.8 Å². The summed E-state index contributed by atoms with van der Waals surface area (Å²) in [5, 5.41) is 2.77. The molecule has 0 saturated heterocycles. The number of carbonyl (C=O) groups is 1. The van der Waals surface area contributed by atoms with Crippen molar-refractivity contribution < 1.29 is 22.0 Å². The maximum absolute atomic E-state index is 13.2. The Morgan fingerprint density at radius 2 is 1.42 bits per heavy atom. The molecule has 0 saturated carbocycles. The molecule has 162 valence electrons. The molecule has 0 aliphatic rings. The molecule has 1 amide bonds. The predicted molar refractivity (Wildman–Crippen MR) is 114 cm³/mol. The fourth-order valence-electron chi connectivity index (χ4n) is 3.06. The van der Waals surface area contributed by atoms with Crippen molar-refractivity contribution in [1.29, 1.82) is 0 Å². The summed E-state index contributed by atoms with van der Waals surface area (Å²) in [6.07, 6.45) is 0.114. The Bertz CT molecular complexity index is 1120. The number of hydrogen-bond acceptors (Lipinski definition) is 3. The highest BCUT2D eigenvalue weighted by Gasteiger charge is 2.27. The van der Waals surface area contributed by atoms with Gasteiger partial charge in [0.2, 0.25) is 15.9 Å². The fraction of sp³-hybridized carbons (Fsp3) is 0.174. The van der Waals surface area contributed by atoms with E-state index < -0.39 is 39.6 Å². The Labute approximate surface area is 180 Å². The third-order valence-electron chi connectivity index (χ3n) is 4.75. The second kappa shape index (κ2) is 9.80. The first kappa shape index (κ1) is 22.6. The summed E-state index contributed by atoms with van der Waals surface area (Å²) in [5.41, 5.74) is 1.44. The molecule has 2 N–H and O–H groups in total. The van der Waals surface area contributed by atoms with Crippen molar-refractivity contribution in [2.24, 2.45) is 0 Å². The third kappa shape index (κ3) is 6.19. The van der Waals surface area contributed by atoms with Gasteiger partial charge in [0.05, 0.1) is 10.9 Å². The van der Waals surface area contributed by atoms with Gasteiger partial charge < -0.3 is 5.32 Å². The monoisotopic (exact) mass is 444 g/mol. The first-order valence-electron chi connectivity index (χ1n) is 9.62.